The minimum absolute atomic E-state index is 0.752. The van der Waals surface area contributed by atoms with Crippen molar-refractivity contribution in [1.82, 2.24) is 9.78 Å². The number of halogens is 1. The summed E-state index contributed by atoms with van der Waals surface area (Å²) in [5.74, 6) is 0.856. The molecule has 0 aliphatic heterocycles. The number of hydrogen-bond acceptors (Lipinski definition) is 1. The summed E-state index contributed by atoms with van der Waals surface area (Å²) in [4.78, 5) is 0.752. The van der Waals surface area contributed by atoms with Gasteiger partial charge >= 0.3 is 0 Å². The average molecular weight is 257 g/mol. The number of rotatable bonds is 2. The molecular weight excluding hydrogens is 240 g/mol. The van der Waals surface area contributed by atoms with Crippen LogP contribution in [0.3, 0.4) is 0 Å². The zero-order valence-corrected chi connectivity index (χ0v) is 10.4. The first kappa shape index (κ1) is 10.2. The van der Waals surface area contributed by atoms with Gasteiger partial charge in [0, 0.05) is 17.6 Å². The summed E-state index contributed by atoms with van der Waals surface area (Å²) >= 11 is 3.69. The van der Waals surface area contributed by atoms with Gasteiger partial charge in [0.25, 0.3) is 0 Å². The van der Waals surface area contributed by atoms with Crippen LogP contribution in [0.1, 0.15) is 30.7 Å². The predicted octanol–water partition coefficient (Wildman–Crippen LogP) is 2.83. The topological polar surface area (TPSA) is 17.8 Å². The van der Waals surface area contributed by atoms with Crippen molar-refractivity contribution in [3.05, 3.63) is 17.5 Å². The van der Waals surface area contributed by atoms with Crippen molar-refractivity contribution in [1.29, 1.82) is 0 Å². The monoisotopic (exact) mass is 256 g/mol. The summed E-state index contributed by atoms with van der Waals surface area (Å²) in [5, 5.41) is 4.38. The Morgan fingerprint density at radius 1 is 1.57 bits per heavy atom. The Hall–Kier alpha value is -0.310. The highest BCUT2D eigenvalue weighted by atomic mass is 79.9. The maximum Gasteiger partial charge on any atom is 0.0596 e. The molecule has 78 valence electrons. The molecule has 14 heavy (non-hydrogen) atoms. The van der Waals surface area contributed by atoms with Crippen molar-refractivity contribution in [3.8, 4) is 0 Å². The summed E-state index contributed by atoms with van der Waals surface area (Å²) in [6.07, 6.45) is 5.21. The van der Waals surface area contributed by atoms with E-state index in [1.165, 1.54) is 31.4 Å². The maximum absolute atomic E-state index is 4.38. The first-order chi connectivity index (χ1) is 6.65. The molecule has 0 radical (unpaired) electrons. The smallest absolute Gasteiger partial charge is 0.0596 e. The molecule has 2 nitrogen and oxygen atoms in total. The second-order valence-electron chi connectivity index (χ2n) is 4.38. The first-order valence-corrected chi connectivity index (χ1v) is 6.20. The lowest BCUT2D eigenvalue weighted by molar-refractivity contribution is 0.522. The van der Waals surface area contributed by atoms with Crippen molar-refractivity contribution in [2.24, 2.45) is 13.0 Å². The minimum atomic E-state index is 0.752. The fourth-order valence-corrected chi connectivity index (χ4v) is 3.14. The second kappa shape index (κ2) is 4.05. The highest BCUT2D eigenvalue weighted by Gasteiger charge is 2.23. The third-order valence-electron chi connectivity index (χ3n) is 3.07. The normalized spacial score (nSPS) is 27.1. The summed E-state index contributed by atoms with van der Waals surface area (Å²) in [5.41, 5.74) is 2.52. The Labute approximate surface area is 93.8 Å². The van der Waals surface area contributed by atoms with Crippen LogP contribution in [0, 0.1) is 12.8 Å². The number of aromatic nitrogens is 2. The molecule has 0 N–H and O–H groups in total. The van der Waals surface area contributed by atoms with Crippen molar-refractivity contribution < 1.29 is 0 Å². The van der Waals surface area contributed by atoms with Gasteiger partial charge in [-0.25, -0.2) is 0 Å². The van der Waals surface area contributed by atoms with Crippen molar-refractivity contribution in [3.63, 3.8) is 0 Å². The van der Waals surface area contributed by atoms with Crippen LogP contribution in [0.5, 0.6) is 0 Å². The van der Waals surface area contributed by atoms with Gasteiger partial charge in [0.15, 0.2) is 0 Å². The molecule has 1 aliphatic carbocycles. The fourth-order valence-electron chi connectivity index (χ4n) is 2.35. The molecule has 3 heteroatoms. The molecular formula is C11H17BrN2. The Balaban J connectivity index is 2.00. The van der Waals surface area contributed by atoms with Crippen molar-refractivity contribution >= 4 is 15.9 Å². The van der Waals surface area contributed by atoms with E-state index in [9.17, 15) is 0 Å². The summed E-state index contributed by atoms with van der Waals surface area (Å²) in [6.45, 7) is 2.06. The summed E-state index contributed by atoms with van der Waals surface area (Å²) in [7, 11) is 2.04. The van der Waals surface area contributed by atoms with E-state index in [0.717, 1.165) is 16.4 Å². The van der Waals surface area contributed by atoms with Gasteiger partial charge < -0.3 is 0 Å². The molecule has 0 bridgehead atoms. The van der Waals surface area contributed by atoms with Gasteiger partial charge in [-0.2, -0.15) is 5.10 Å². The van der Waals surface area contributed by atoms with Crippen LogP contribution >= 0.6 is 15.9 Å². The van der Waals surface area contributed by atoms with Gasteiger partial charge in [-0.05, 0) is 44.6 Å². The van der Waals surface area contributed by atoms with E-state index in [-0.39, 0.29) is 0 Å². The number of nitrogens with zero attached hydrogens (tertiary/aromatic N) is 2. The molecule has 0 spiro atoms. The SMILES string of the molecule is Cc1cc(CC2CCC(Br)C2)n(C)n1. The van der Waals surface area contributed by atoms with Crippen LogP contribution in [-0.4, -0.2) is 14.6 Å². The van der Waals surface area contributed by atoms with Crippen LogP contribution < -0.4 is 0 Å². The molecule has 1 saturated carbocycles. The Morgan fingerprint density at radius 2 is 2.36 bits per heavy atom. The largest absolute Gasteiger partial charge is 0.272 e. The van der Waals surface area contributed by atoms with E-state index in [1.54, 1.807) is 0 Å². The van der Waals surface area contributed by atoms with Crippen molar-refractivity contribution in [2.45, 2.75) is 37.4 Å². The van der Waals surface area contributed by atoms with Gasteiger partial charge in [-0.3, -0.25) is 4.68 Å². The molecule has 1 heterocycles. The molecule has 2 rings (SSSR count). The Kier molecular flexibility index (Phi) is 2.96. The van der Waals surface area contributed by atoms with Crippen LogP contribution in [0.25, 0.3) is 0 Å². The fraction of sp³-hybridized carbons (Fsp3) is 0.727. The molecule has 1 aromatic rings. The molecule has 0 saturated heterocycles. The minimum Gasteiger partial charge on any atom is -0.272 e. The lowest BCUT2D eigenvalue weighted by atomic mass is 10.0. The van der Waals surface area contributed by atoms with Crippen molar-refractivity contribution in [2.75, 3.05) is 0 Å². The zero-order chi connectivity index (χ0) is 10.1. The summed E-state index contributed by atoms with van der Waals surface area (Å²) in [6, 6.07) is 2.21. The number of hydrogen-bond donors (Lipinski definition) is 0. The van der Waals surface area contributed by atoms with Gasteiger partial charge in [0.2, 0.25) is 0 Å². The van der Waals surface area contributed by atoms with E-state index >= 15 is 0 Å². The number of alkyl halides is 1. The van der Waals surface area contributed by atoms with Gasteiger partial charge in [0.05, 0.1) is 5.69 Å². The lowest BCUT2D eigenvalue weighted by Crippen LogP contribution is -2.05. The Bertz CT molecular complexity index is 319. The van der Waals surface area contributed by atoms with Gasteiger partial charge in [-0.15, -0.1) is 0 Å². The standard InChI is InChI=1S/C11H17BrN2/c1-8-5-11(14(2)13-8)7-9-3-4-10(12)6-9/h5,9-10H,3-4,6-7H2,1-2H3. The molecule has 1 fully saturated rings. The van der Waals surface area contributed by atoms with E-state index in [4.69, 9.17) is 0 Å². The third kappa shape index (κ3) is 2.19. The molecule has 0 aromatic carbocycles. The average Bonchev–Trinajstić information content (AvgIpc) is 2.61. The molecule has 2 atom stereocenters. The lowest BCUT2D eigenvalue weighted by Gasteiger charge is -2.08. The number of aryl methyl sites for hydroxylation is 2. The Morgan fingerprint density at radius 3 is 2.86 bits per heavy atom. The molecule has 1 aliphatic rings. The molecule has 0 amide bonds. The van der Waals surface area contributed by atoms with Crippen LogP contribution in [0.4, 0.5) is 0 Å². The molecule has 1 aromatic heterocycles. The van der Waals surface area contributed by atoms with E-state index < -0.39 is 0 Å². The van der Waals surface area contributed by atoms with E-state index in [1.807, 2.05) is 11.7 Å². The van der Waals surface area contributed by atoms with E-state index in [0.29, 0.717) is 0 Å². The van der Waals surface area contributed by atoms with E-state index in [2.05, 4.69) is 34.0 Å². The highest BCUT2D eigenvalue weighted by Crippen LogP contribution is 2.32. The summed E-state index contributed by atoms with van der Waals surface area (Å²) < 4.78 is 2.02. The maximum atomic E-state index is 4.38. The van der Waals surface area contributed by atoms with Crippen LogP contribution in [0.15, 0.2) is 6.07 Å². The molecule has 2 unspecified atom stereocenters. The van der Waals surface area contributed by atoms with Crippen LogP contribution in [-0.2, 0) is 13.5 Å². The van der Waals surface area contributed by atoms with Gasteiger partial charge in [-0.1, -0.05) is 15.9 Å². The first-order valence-electron chi connectivity index (χ1n) is 5.28. The second-order valence-corrected chi connectivity index (χ2v) is 5.68. The quantitative estimate of drug-likeness (QED) is 0.745. The van der Waals surface area contributed by atoms with Crippen LogP contribution in [0.2, 0.25) is 0 Å². The predicted molar refractivity (Wildman–Crippen MR) is 61.7 cm³/mol. The van der Waals surface area contributed by atoms with Gasteiger partial charge in [0.1, 0.15) is 0 Å². The zero-order valence-electron chi connectivity index (χ0n) is 8.83. The third-order valence-corrected chi connectivity index (χ3v) is 3.91. The highest BCUT2D eigenvalue weighted by molar-refractivity contribution is 9.09.